The Bertz CT molecular complexity index is 359. The van der Waals surface area contributed by atoms with Crippen LogP contribution in [0.3, 0.4) is 0 Å². The molecular weight excluding hydrogens is 248 g/mol. The predicted octanol–water partition coefficient (Wildman–Crippen LogP) is -1.58. The molecule has 0 saturated carbocycles. The first kappa shape index (κ1) is 15.4. The number of nitrogens with two attached hydrogens (primary N) is 2. The van der Waals surface area contributed by atoms with Crippen molar-refractivity contribution in [3.8, 4) is 0 Å². The molecule has 1 rings (SSSR count). The Kier molecular flexibility index (Phi) is 4.88. The molecule has 5 N–H and O–H groups in total. The summed E-state index contributed by atoms with van der Waals surface area (Å²) in [6.45, 7) is 4.63. The van der Waals surface area contributed by atoms with E-state index in [1.54, 1.807) is 0 Å². The maximum absolute atomic E-state index is 12.7. The van der Waals surface area contributed by atoms with Crippen LogP contribution in [0.5, 0.6) is 0 Å². The summed E-state index contributed by atoms with van der Waals surface area (Å²) in [4.78, 5) is 35.9. The van der Waals surface area contributed by atoms with E-state index in [1.165, 1.54) is 0 Å². The van der Waals surface area contributed by atoms with E-state index in [4.69, 9.17) is 11.5 Å². The molecule has 108 valence electrons. The summed E-state index contributed by atoms with van der Waals surface area (Å²) in [5.41, 5.74) is 9.66. The highest BCUT2D eigenvalue weighted by Gasteiger charge is 2.46. The smallest absolute Gasteiger partial charge is 0.237 e. The molecule has 1 fully saturated rings. The molecule has 1 saturated heterocycles. The van der Waals surface area contributed by atoms with Gasteiger partial charge in [-0.15, -0.1) is 0 Å². The number of nitrogens with one attached hydrogen (secondary N) is 1. The van der Waals surface area contributed by atoms with E-state index in [1.807, 2.05) is 13.8 Å². The first-order valence-corrected chi connectivity index (χ1v) is 6.36. The lowest BCUT2D eigenvalue weighted by atomic mass is 9.75. The molecule has 0 aromatic rings. The van der Waals surface area contributed by atoms with Crippen molar-refractivity contribution in [3.63, 3.8) is 0 Å². The zero-order valence-corrected chi connectivity index (χ0v) is 11.4. The molecule has 0 aliphatic carbocycles. The second-order valence-corrected chi connectivity index (χ2v) is 5.33. The zero-order valence-electron chi connectivity index (χ0n) is 11.4. The Balaban J connectivity index is 2.95. The number of primary amides is 2. The summed E-state index contributed by atoms with van der Waals surface area (Å²) >= 11 is 0. The van der Waals surface area contributed by atoms with Gasteiger partial charge in [-0.25, -0.2) is 0 Å². The van der Waals surface area contributed by atoms with Crippen LogP contribution in [-0.2, 0) is 14.4 Å². The molecular formula is C12H22N4O3. The molecule has 1 aliphatic rings. The minimum Gasteiger partial charge on any atom is -0.368 e. The first-order valence-electron chi connectivity index (χ1n) is 6.36. The van der Waals surface area contributed by atoms with Crippen LogP contribution in [0, 0.1) is 11.3 Å². The van der Waals surface area contributed by atoms with E-state index in [9.17, 15) is 14.4 Å². The summed E-state index contributed by atoms with van der Waals surface area (Å²) < 4.78 is 0. The second-order valence-electron chi connectivity index (χ2n) is 5.33. The van der Waals surface area contributed by atoms with Gasteiger partial charge in [0.25, 0.3) is 0 Å². The Morgan fingerprint density at radius 3 is 2.05 bits per heavy atom. The van der Waals surface area contributed by atoms with Crippen molar-refractivity contribution in [1.82, 2.24) is 10.2 Å². The van der Waals surface area contributed by atoms with Crippen LogP contribution in [0.4, 0.5) is 0 Å². The van der Waals surface area contributed by atoms with Gasteiger partial charge >= 0.3 is 0 Å². The predicted molar refractivity (Wildman–Crippen MR) is 69.7 cm³/mol. The standard InChI is InChI=1S/C12H22N4O3/c1-8(2)12(3-4-15-7-12)11(19)16(5-9(13)17)6-10(14)18/h8,15H,3-7H2,1-2H3,(H2,13,17)(H2,14,18). The molecule has 3 amide bonds. The molecule has 0 aromatic carbocycles. The number of rotatable bonds is 6. The van der Waals surface area contributed by atoms with Crippen LogP contribution in [0.15, 0.2) is 0 Å². The van der Waals surface area contributed by atoms with Crippen molar-refractivity contribution in [2.45, 2.75) is 20.3 Å². The zero-order chi connectivity index (χ0) is 14.6. The number of nitrogens with zero attached hydrogens (tertiary/aromatic N) is 1. The lowest BCUT2D eigenvalue weighted by Crippen LogP contribution is -2.52. The van der Waals surface area contributed by atoms with Crippen LogP contribution in [0.1, 0.15) is 20.3 Å². The van der Waals surface area contributed by atoms with Crippen LogP contribution in [0.2, 0.25) is 0 Å². The Morgan fingerprint density at radius 2 is 1.74 bits per heavy atom. The summed E-state index contributed by atoms with van der Waals surface area (Å²) in [6, 6.07) is 0. The third kappa shape index (κ3) is 3.44. The van der Waals surface area contributed by atoms with Gasteiger partial charge in [-0.3, -0.25) is 14.4 Å². The molecule has 1 aliphatic heterocycles. The number of carbonyl (C=O) groups is 3. The topological polar surface area (TPSA) is 119 Å². The van der Waals surface area contributed by atoms with Crippen molar-refractivity contribution in [2.75, 3.05) is 26.2 Å². The third-order valence-corrected chi connectivity index (χ3v) is 3.70. The molecule has 1 atom stereocenters. The van der Waals surface area contributed by atoms with E-state index in [-0.39, 0.29) is 24.9 Å². The van der Waals surface area contributed by atoms with Gasteiger partial charge in [-0.05, 0) is 18.9 Å². The normalized spacial score (nSPS) is 22.5. The van der Waals surface area contributed by atoms with Crippen molar-refractivity contribution in [1.29, 1.82) is 0 Å². The maximum atomic E-state index is 12.7. The molecule has 0 spiro atoms. The molecule has 0 aromatic heterocycles. The van der Waals surface area contributed by atoms with Crippen molar-refractivity contribution in [3.05, 3.63) is 0 Å². The van der Waals surface area contributed by atoms with E-state index >= 15 is 0 Å². The number of hydrogen-bond donors (Lipinski definition) is 3. The van der Waals surface area contributed by atoms with Gasteiger partial charge in [0.2, 0.25) is 17.7 Å². The average Bonchev–Trinajstić information content (AvgIpc) is 2.76. The van der Waals surface area contributed by atoms with Crippen molar-refractivity contribution in [2.24, 2.45) is 22.8 Å². The summed E-state index contributed by atoms with van der Waals surface area (Å²) in [7, 11) is 0. The van der Waals surface area contributed by atoms with Gasteiger partial charge in [0, 0.05) is 6.54 Å². The SMILES string of the molecule is CC(C)C1(C(=O)N(CC(N)=O)CC(N)=O)CCNC1. The Labute approximate surface area is 112 Å². The van der Waals surface area contributed by atoms with Crippen molar-refractivity contribution >= 4 is 17.7 Å². The average molecular weight is 270 g/mol. The van der Waals surface area contributed by atoms with Gasteiger partial charge in [0.05, 0.1) is 18.5 Å². The third-order valence-electron chi connectivity index (χ3n) is 3.70. The van der Waals surface area contributed by atoms with Crippen LogP contribution in [-0.4, -0.2) is 48.8 Å². The fourth-order valence-corrected chi connectivity index (χ4v) is 2.52. The Morgan fingerprint density at radius 1 is 1.21 bits per heavy atom. The largest absolute Gasteiger partial charge is 0.368 e. The monoisotopic (exact) mass is 270 g/mol. The molecule has 7 nitrogen and oxygen atoms in total. The number of hydrogen-bond acceptors (Lipinski definition) is 4. The molecule has 1 unspecified atom stereocenters. The fraction of sp³-hybridized carbons (Fsp3) is 0.750. The molecule has 1 heterocycles. The lowest BCUT2D eigenvalue weighted by molar-refractivity contribution is -0.148. The Hall–Kier alpha value is -1.63. The van der Waals surface area contributed by atoms with Crippen molar-refractivity contribution < 1.29 is 14.4 Å². The van der Waals surface area contributed by atoms with Crippen LogP contribution < -0.4 is 16.8 Å². The maximum Gasteiger partial charge on any atom is 0.237 e. The highest BCUT2D eigenvalue weighted by Crippen LogP contribution is 2.36. The summed E-state index contributed by atoms with van der Waals surface area (Å²) in [5, 5.41) is 3.16. The van der Waals surface area contributed by atoms with E-state index in [0.29, 0.717) is 13.0 Å². The van der Waals surface area contributed by atoms with Gasteiger partial charge in [-0.1, -0.05) is 13.8 Å². The minimum atomic E-state index is -0.653. The molecule has 19 heavy (non-hydrogen) atoms. The van der Waals surface area contributed by atoms with E-state index in [2.05, 4.69) is 5.32 Å². The molecule has 0 radical (unpaired) electrons. The first-order chi connectivity index (χ1) is 8.79. The van der Waals surface area contributed by atoms with Gasteiger partial charge < -0.3 is 21.7 Å². The van der Waals surface area contributed by atoms with Crippen LogP contribution in [0.25, 0.3) is 0 Å². The quantitative estimate of drug-likeness (QED) is 0.539. The summed E-state index contributed by atoms with van der Waals surface area (Å²) in [5.74, 6) is -1.44. The molecule has 0 bridgehead atoms. The fourth-order valence-electron chi connectivity index (χ4n) is 2.52. The van der Waals surface area contributed by atoms with Crippen LogP contribution >= 0.6 is 0 Å². The minimum absolute atomic E-state index is 0.0956. The van der Waals surface area contributed by atoms with Gasteiger partial charge in [-0.2, -0.15) is 0 Å². The number of amides is 3. The lowest BCUT2D eigenvalue weighted by Gasteiger charge is -2.35. The van der Waals surface area contributed by atoms with E-state index < -0.39 is 17.2 Å². The van der Waals surface area contributed by atoms with Gasteiger partial charge in [0.1, 0.15) is 0 Å². The van der Waals surface area contributed by atoms with E-state index in [0.717, 1.165) is 11.4 Å². The number of carbonyl (C=O) groups excluding carboxylic acids is 3. The highest BCUT2D eigenvalue weighted by molar-refractivity contribution is 5.91. The second kappa shape index (κ2) is 6.01. The molecule has 7 heteroatoms. The van der Waals surface area contributed by atoms with Gasteiger partial charge in [0.15, 0.2) is 0 Å². The highest BCUT2D eigenvalue weighted by atomic mass is 16.2. The summed E-state index contributed by atoms with van der Waals surface area (Å²) in [6.07, 6.45) is 0.678.